The number of aromatic nitrogens is 5. The van der Waals surface area contributed by atoms with Gasteiger partial charge in [0.2, 0.25) is 11.7 Å². The SMILES string of the molecule is COCC(=O)Nc1ccc(-c2noc(C3CCCN3Cc3ncc[nH]3)n2)cn1. The first kappa shape index (κ1) is 18.3. The molecule has 1 aliphatic rings. The lowest BCUT2D eigenvalue weighted by Crippen LogP contribution is -2.23. The van der Waals surface area contributed by atoms with Crippen LogP contribution >= 0.6 is 0 Å². The van der Waals surface area contributed by atoms with Gasteiger partial charge in [-0.25, -0.2) is 9.97 Å². The summed E-state index contributed by atoms with van der Waals surface area (Å²) in [6.07, 6.45) is 7.21. The first-order chi connectivity index (χ1) is 13.7. The molecule has 1 atom stereocenters. The van der Waals surface area contributed by atoms with Crippen molar-refractivity contribution in [2.45, 2.75) is 25.4 Å². The van der Waals surface area contributed by atoms with Crippen molar-refractivity contribution in [3.05, 3.63) is 42.4 Å². The van der Waals surface area contributed by atoms with Crippen LogP contribution in [0.2, 0.25) is 0 Å². The first-order valence-electron chi connectivity index (χ1n) is 9.04. The highest BCUT2D eigenvalue weighted by Gasteiger charge is 2.31. The molecule has 4 heterocycles. The Hall–Kier alpha value is -3.11. The van der Waals surface area contributed by atoms with Crippen LogP contribution in [0.3, 0.4) is 0 Å². The predicted molar refractivity (Wildman–Crippen MR) is 99.0 cm³/mol. The highest BCUT2D eigenvalue weighted by molar-refractivity contribution is 5.90. The molecule has 10 heteroatoms. The lowest BCUT2D eigenvalue weighted by Gasteiger charge is -2.19. The molecule has 1 amide bonds. The Kier molecular flexibility index (Phi) is 5.40. The van der Waals surface area contributed by atoms with Crippen LogP contribution in [0.4, 0.5) is 5.82 Å². The van der Waals surface area contributed by atoms with E-state index in [1.807, 2.05) is 6.20 Å². The third kappa shape index (κ3) is 4.07. The number of anilines is 1. The molecule has 0 spiro atoms. The van der Waals surface area contributed by atoms with Gasteiger partial charge in [-0.2, -0.15) is 4.98 Å². The van der Waals surface area contributed by atoms with Gasteiger partial charge in [0, 0.05) is 31.3 Å². The summed E-state index contributed by atoms with van der Waals surface area (Å²) >= 11 is 0. The summed E-state index contributed by atoms with van der Waals surface area (Å²) in [5.41, 5.74) is 0.718. The number of methoxy groups -OCH3 is 1. The van der Waals surface area contributed by atoms with E-state index >= 15 is 0 Å². The van der Waals surface area contributed by atoms with Crippen LogP contribution in [0.15, 0.2) is 35.2 Å². The van der Waals surface area contributed by atoms with Crippen LogP contribution in [0, 0.1) is 0 Å². The molecule has 1 aliphatic heterocycles. The summed E-state index contributed by atoms with van der Waals surface area (Å²) in [6.45, 7) is 1.65. The van der Waals surface area contributed by atoms with Gasteiger partial charge >= 0.3 is 0 Å². The van der Waals surface area contributed by atoms with Crippen molar-refractivity contribution in [3.8, 4) is 11.4 Å². The Balaban J connectivity index is 1.44. The number of likely N-dealkylation sites (tertiary alicyclic amines) is 1. The van der Waals surface area contributed by atoms with Crippen LogP contribution in [0.25, 0.3) is 11.4 Å². The number of nitrogens with zero attached hydrogens (tertiary/aromatic N) is 5. The summed E-state index contributed by atoms with van der Waals surface area (Å²) in [4.78, 5) is 30.0. The average molecular weight is 383 g/mol. The molecule has 0 aliphatic carbocycles. The van der Waals surface area contributed by atoms with E-state index in [4.69, 9.17) is 9.26 Å². The minimum absolute atomic E-state index is 0.0203. The number of amides is 1. The molecule has 0 aromatic carbocycles. The second-order valence-electron chi connectivity index (χ2n) is 6.53. The number of carbonyl (C=O) groups excluding carboxylic acids is 1. The van der Waals surface area contributed by atoms with Crippen molar-refractivity contribution in [2.24, 2.45) is 0 Å². The molecule has 2 N–H and O–H groups in total. The van der Waals surface area contributed by atoms with Gasteiger partial charge in [-0.1, -0.05) is 5.16 Å². The monoisotopic (exact) mass is 383 g/mol. The molecular weight excluding hydrogens is 362 g/mol. The van der Waals surface area contributed by atoms with Crippen molar-refractivity contribution >= 4 is 11.7 Å². The number of H-pyrrole nitrogens is 1. The van der Waals surface area contributed by atoms with Crippen LogP contribution in [0.5, 0.6) is 0 Å². The van der Waals surface area contributed by atoms with Gasteiger partial charge in [0.05, 0.1) is 12.6 Å². The molecular formula is C18H21N7O3. The topological polar surface area (TPSA) is 122 Å². The fourth-order valence-electron chi connectivity index (χ4n) is 3.27. The number of ether oxygens (including phenoxy) is 1. The number of carbonyl (C=O) groups is 1. The third-order valence-electron chi connectivity index (χ3n) is 4.56. The van der Waals surface area contributed by atoms with E-state index in [9.17, 15) is 4.79 Å². The fraction of sp³-hybridized carbons (Fsp3) is 0.389. The number of nitrogens with one attached hydrogen (secondary N) is 2. The molecule has 0 saturated carbocycles. The van der Waals surface area contributed by atoms with E-state index in [-0.39, 0.29) is 18.6 Å². The quantitative estimate of drug-likeness (QED) is 0.633. The van der Waals surface area contributed by atoms with Crippen molar-refractivity contribution in [1.29, 1.82) is 0 Å². The van der Waals surface area contributed by atoms with Crippen LogP contribution in [0.1, 0.15) is 30.6 Å². The summed E-state index contributed by atoms with van der Waals surface area (Å²) in [6, 6.07) is 3.56. The lowest BCUT2D eigenvalue weighted by atomic mass is 10.2. The van der Waals surface area contributed by atoms with E-state index in [2.05, 4.69) is 35.3 Å². The van der Waals surface area contributed by atoms with Crippen molar-refractivity contribution in [3.63, 3.8) is 0 Å². The highest BCUT2D eigenvalue weighted by atomic mass is 16.5. The number of hydrogen-bond acceptors (Lipinski definition) is 8. The molecule has 146 valence electrons. The molecule has 1 fully saturated rings. The van der Waals surface area contributed by atoms with Crippen molar-refractivity contribution in [1.82, 2.24) is 30.0 Å². The largest absolute Gasteiger partial charge is 0.375 e. The van der Waals surface area contributed by atoms with Crippen LogP contribution in [-0.4, -0.2) is 56.2 Å². The predicted octanol–water partition coefficient (Wildman–Crippen LogP) is 1.78. The van der Waals surface area contributed by atoms with Gasteiger partial charge in [-0.3, -0.25) is 9.69 Å². The molecule has 1 saturated heterocycles. The molecule has 28 heavy (non-hydrogen) atoms. The number of pyridine rings is 1. The van der Waals surface area contributed by atoms with E-state index in [0.29, 0.717) is 24.1 Å². The summed E-state index contributed by atoms with van der Waals surface area (Å²) in [5, 5.41) is 6.74. The van der Waals surface area contributed by atoms with E-state index < -0.39 is 0 Å². The average Bonchev–Trinajstić information content (AvgIpc) is 3.44. The molecule has 10 nitrogen and oxygen atoms in total. The van der Waals surface area contributed by atoms with E-state index in [1.165, 1.54) is 7.11 Å². The minimum atomic E-state index is -0.262. The van der Waals surface area contributed by atoms with Gasteiger partial charge in [0.1, 0.15) is 18.2 Å². The van der Waals surface area contributed by atoms with Crippen molar-refractivity contribution < 1.29 is 14.1 Å². The second kappa shape index (κ2) is 8.28. The zero-order valence-electron chi connectivity index (χ0n) is 15.5. The summed E-state index contributed by atoms with van der Waals surface area (Å²) in [7, 11) is 1.46. The lowest BCUT2D eigenvalue weighted by molar-refractivity contribution is -0.119. The Labute approximate surface area is 161 Å². The zero-order valence-corrected chi connectivity index (χ0v) is 15.5. The van der Waals surface area contributed by atoms with Gasteiger partial charge in [-0.15, -0.1) is 0 Å². The van der Waals surface area contributed by atoms with Gasteiger partial charge in [-0.05, 0) is 31.5 Å². The smallest absolute Gasteiger partial charge is 0.251 e. The maximum absolute atomic E-state index is 11.5. The van der Waals surface area contributed by atoms with Crippen LogP contribution in [-0.2, 0) is 16.1 Å². The summed E-state index contributed by atoms with van der Waals surface area (Å²) < 4.78 is 10.3. The van der Waals surface area contributed by atoms with Crippen molar-refractivity contribution in [2.75, 3.05) is 25.6 Å². The molecule has 1 unspecified atom stereocenters. The zero-order chi connectivity index (χ0) is 19.3. The number of rotatable bonds is 7. The Morgan fingerprint density at radius 3 is 3.11 bits per heavy atom. The Morgan fingerprint density at radius 2 is 2.36 bits per heavy atom. The molecule has 3 aromatic rings. The highest BCUT2D eigenvalue weighted by Crippen LogP contribution is 2.32. The molecule has 0 radical (unpaired) electrons. The Bertz CT molecular complexity index is 908. The maximum Gasteiger partial charge on any atom is 0.251 e. The summed E-state index contributed by atoms with van der Waals surface area (Å²) in [5.74, 6) is 2.16. The minimum Gasteiger partial charge on any atom is -0.375 e. The molecule has 4 rings (SSSR count). The number of imidazole rings is 1. The second-order valence-corrected chi connectivity index (χ2v) is 6.53. The number of aromatic amines is 1. The number of hydrogen-bond donors (Lipinski definition) is 2. The van der Waals surface area contributed by atoms with Gasteiger partial charge < -0.3 is 19.6 Å². The van der Waals surface area contributed by atoms with E-state index in [1.54, 1.807) is 24.5 Å². The normalized spacial score (nSPS) is 17.1. The fourth-order valence-corrected chi connectivity index (χ4v) is 3.27. The van der Waals surface area contributed by atoms with Gasteiger partial charge in [0.15, 0.2) is 0 Å². The molecule has 3 aromatic heterocycles. The maximum atomic E-state index is 11.5. The third-order valence-corrected chi connectivity index (χ3v) is 4.56. The Morgan fingerprint density at radius 1 is 1.43 bits per heavy atom. The first-order valence-corrected chi connectivity index (χ1v) is 9.04. The van der Waals surface area contributed by atoms with Gasteiger partial charge in [0.25, 0.3) is 5.91 Å². The standard InChI is InChI=1S/C18H21N7O3/c1-27-11-16(26)22-14-5-4-12(9-21-14)17-23-18(28-24-17)13-3-2-8-25(13)10-15-19-6-7-20-15/h4-7,9,13H,2-3,8,10-11H2,1H3,(H,19,20)(H,21,22,26). The van der Waals surface area contributed by atoms with E-state index in [0.717, 1.165) is 30.8 Å². The van der Waals surface area contributed by atoms with Crippen LogP contribution < -0.4 is 5.32 Å². The molecule has 0 bridgehead atoms.